The predicted molar refractivity (Wildman–Crippen MR) is 120 cm³/mol. The zero-order valence-electron chi connectivity index (χ0n) is 16.2. The zero-order chi connectivity index (χ0) is 21.8. The summed E-state index contributed by atoms with van der Waals surface area (Å²) < 4.78 is 1.69. The number of carbonyl (C=O) groups is 3. The molecule has 1 saturated heterocycles. The van der Waals surface area contributed by atoms with Crippen LogP contribution in [-0.4, -0.2) is 44.8 Å². The van der Waals surface area contributed by atoms with Gasteiger partial charge in [-0.3, -0.25) is 19.3 Å². The minimum Gasteiger partial charge on any atom is -0.350 e. The fourth-order valence-electron chi connectivity index (χ4n) is 2.97. The molecule has 2 heterocycles. The van der Waals surface area contributed by atoms with Crippen molar-refractivity contribution in [3.8, 4) is 5.69 Å². The van der Waals surface area contributed by atoms with Crippen LogP contribution in [0.2, 0.25) is 5.02 Å². The highest BCUT2D eigenvalue weighted by atomic mass is 35.5. The first-order valence-electron chi connectivity index (χ1n) is 9.40. The number of hydrogen-bond donors (Lipinski definition) is 1. The first kappa shape index (κ1) is 20.9. The molecule has 0 radical (unpaired) electrons. The Morgan fingerprint density at radius 2 is 1.84 bits per heavy atom. The van der Waals surface area contributed by atoms with Gasteiger partial charge in [0.1, 0.15) is 0 Å². The molecule has 1 N–H and O–H groups in total. The highest BCUT2D eigenvalue weighted by Gasteiger charge is 2.34. The van der Waals surface area contributed by atoms with Crippen molar-refractivity contribution in [2.45, 2.75) is 0 Å². The summed E-state index contributed by atoms with van der Waals surface area (Å²) in [5.74, 6) is -0.654. The van der Waals surface area contributed by atoms with Crippen molar-refractivity contribution in [3.05, 3.63) is 88.0 Å². The molecule has 0 aliphatic carbocycles. The van der Waals surface area contributed by atoms with Gasteiger partial charge in [-0.05, 0) is 65.9 Å². The van der Waals surface area contributed by atoms with E-state index in [2.05, 4.69) is 10.4 Å². The van der Waals surface area contributed by atoms with Crippen LogP contribution in [0.1, 0.15) is 15.9 Å². The summed E-state index contributed by atoms with van der Waals surface area (Å²) >= 11 is 6.75. The molecule has 0 unspecified atom stereocenters. The molecule has 0 spiro atoms. The van der Waals surface area contributed by atoms with Crippen LogP contribution in [0, 0.1) is 0 Å². The van der Waals surface area contributed by atoms with Crippen LogP contribution in [0.15, 0.2) is 71.9 Å². The van der Waals surface area contributed by atoms with E-state index >= 15 is 0 Å². The number of nitrogens with zero attached hydrogens (tertiary/aromatic N) is 3. The molecule has 1 aliphatic rings. The summed E-state index contributed by atoms with van der Waals surface area (Å²) in [7, 11) is 0. The number of rotatable bonds is 6. The zero-order valence-corrected chi connectivity index (χ0v) is 17.8. The lowest BCUT2D eigenvalue weighted by atomic mass is 10.2. The Labute approximate surface area is 187 Å². The Morgan fingerprint density at radius 3 is 2.52 bits per heavy atom. The van der Waals surface area contributed by atoms with E-state index in [1.165, 1.54) is 0 Å². The monoisotopic (exact) mass is 452 g/mol. The van der Waals surface area contributed by atoms with Gasteiger partial charge in [-0.1, -0.05) is 23.7 Å². The van der Waals surface area contributed by atoms with Gasteiger partial charge in [-0.15, -0.1) is 0 Å². The standard InChI is InChI=1S/C22H17ClN4O3S/c23-17-6-2-15(3-7-17)14-19-21(29)26(22(30)31-19)13-11-24-20(28)16-4-8-18(9-5-16)27-12-1-10-25-27/h1-10,12,14H,11,13H2,(H,24,28)/b19-14-. The Balaban J connectivity index is 1.32. The average molecular weight is 453 g/mol. The number of hydrogen-bond acceptors (Lipinski definition) is 5. The Morgan fingerprint density at radius 1 is 1.10 bits per heavy atom. The third-order valence-electron chi connectivity index (χ3n) is 4.56. The number of carbonyl (C=O) groups excluding carboxylic acids is 3. The molecule has 1 fully saturated rings. The number of aromatic nitrogens is 2. The molecule has 0 saturated carbocycles. The summed E-state index contributed by atoms with van der Waals surface area (Å²) in [5, 5.41) is 7.12. The van der Waals surface area contributed by atoms with Crippen LogP contribution in [-0.2, 0) is 4.79 Å². The van der Waals surface area contributed by atoms with E-state index in [9.17, 15) is 14.4 Å². The molecular formula is C22H17ClN4O3S. The van der Waals surface area contributed by atoms with Gasteiger partial charge in [0.2, 0.25) is 0 Å². The number of amides is 3. The average Bonchev–Trinajstić information content (AvgIpc) is 3.40. The minimum atomic E-state index is -0.372. The highest BCUT2D eigenvalue weighted by Crippen LogP contribution is 2.32. The largest absolute Gasteiger partial charge is 0.350 e. The van der Waals surface area contributed by atoms with E-state index in [1.54, 1.807) is 65.5 Å². The molecule has 2 aromatic carbocycles. The van der Waals surface area contributed by atoms with Gasteiger partial charge in [0.15, 0.2) is 0 Å². The first-order chi connectivity index (χ1) is 15.0. The topological polar surface area (TPSA) is 84.3 Å². The molecule has 156 valence electrons. The van der Waals surface area contributed by atoms with E-state index in [0.29, 0.717) is 15.5 Å². The van der Waals surface area contributed by atoms with Crippen molar-refractivity contribution in [1.29, 1.82) is 0 Å². The van der Waals surface area contributed by atoms with Gasteiger partial charge in [0, 0.05) is 36.1 Å². The van der Waals surface area contributed by atoms with E-state index < -0.39 is 0 Å². The summed E-state index contributed by atoms with van der Waals surface area (Å²) in [5.41, 5.74) is 2.10. The van der Waals surface area contributed by atoms with Crippen LogP contribution in [0.25, 0.3) is 11.8 Å². The lowest BCUT2D eigenvalue weighted by molar-refractivity contribution is -0.122. The maximum absolute atomic E-state index is 12.6. The second-order valence-corrected chi connectivity index (χ2v) is 8.07. The van der Waals surface area contributed by atoms with Crippen LogP contribution < -0.4 is 5.32 Å². The maximum atomic E-state index is 12.6. The number of halogens is 1. The quantitative estimate of drug-likeness (QED) is 0.571. The van der Waals surface area contributed by atoms with Crippen molar-refractivity contribution in [3.63, 3.8) is 0 Å². The van der Waals surface area contributed by atoms with Gasteiger partial charge in [-0.2, -0.15) is 5.10 Å². The van der Waals surface area contributed by atoms with E-state index in [4.69, 9.17) is 11.6 Å². The maximum Gasteiger partial charge on any atom is 0.293 e. The third kappa shape index (κ3) is 4.87. The Kier molecular flexibility index (Phi) is 6.20. The lowest BCUT2D eigenvalue weighted by Gasteiger charge is -2.13. The predicted octanol–water partition coefficient (Wildman–Crippen LogP) is 3.99. The molecule has 1 aromatic heterocycles. The second-order valence-electron chi connectivity index (χ2n) is 6.64. The third-order valence-corrected chi connectivity index (χ3v) is 5.72. The summed E-state index contributed by atoms with van der Waals surface area (Å²) in [4.78, 5) is 38.6. The van der Waals surface area contributed by atoms with Crippen molar-refractivity contribution >= 4 is 46.5 Å². The van der Waals surface area contributed by atoms with Crippen molar-refractivity contribution in [2.24, 2.45) is 0 Å². The van der Waals surface area contributed by atoms with Gasteiger partial charge < -0.3 is 5.32 Å². The summed E-state index contributed by atoms with van der Waals surface area (Å²) in [6, 6.07) is 15.8. The van der Waals surface area contributed by atoms with Crippen LogP contribution in [0.4, 0.5) is 4.79 Å². The molecule has 7 nitrogen and oxygen atoms in total. The molecule has 1 aliphatic heterocycles. The first-order valence-corrected chi connectivity index (χ1v) is 10.6. The lowest BCUT2D eigenvalue weighted by Crippen LogP contribution is -2.37. The number of thioether (sulfide) groups is 1. The number of imide groups is 1. The smallest absolute Gasteiger partial charge is 0.293 e. The highest BCUT2D eigenvalue weighted by molar-refractivity contribution is 8.18. The van der Waals surface area contributed by atoms with Crippen LogP contribution >= 0.6 is 23.4 Å². The minimum absolute atomic E-state index is 0.0970. The Hall–Kier alpha value is -3.36. The van der Waals surface area contributed by atoms with Gasteiger partial charge >= 0.3 is 0 Å². The molecule has 3 amide bonds. The van der Waals surface area contributed by atoms with E-state index in [-0.39, 0.29) is 30.1 Å². The van der Waals surface area contributed by atoms with Gasteiger partial charge in [0.25, 0.3) is 17.1 Å². The molecule has 3 aromatic rings. The fraction of sp³-hybridized carbons (Fsp3) is 0.0909. The summed E-state index contributed by atoms with van der Waals surface area (Å²) in [6.45, 7) is 0.256. The SMILES string of the molecule is O=C(NCCN1C(=O)S/C(=C\c2ccc(Cl)cc2)C1=O)c1ccc(-n2cccn2)cc1. The van der Waals surface area contributed by atoms with Gasteiger partial charge in [0.05, 0.1) is 10.6 Å². The van der Waals surface area contributed by atoms with Crippen molar-refractivity contribution in [1.82, 2.24) is 20.0 Å². The van der Waals surface area contributed by atoms with E-state index in [0.717, 1.165) is 27.9 Å². The fourth-order valence-corrected chi connectivity index (χ4v) is 3.96. The Bertz CT molecular complexity index is 1140. The number of benzene rings is 2. The number of nitrogens with one attached hydrogen (secondary N) is 1. The second kappa shape index (κ2) is 9.20. The molecule has 4 rings (SSSR count). The normalized spacial score (nSPS) is 15.0. The summed E-state index contributed by atoms with van der Waals surface area (Å²) in [6.07, 6.45) is 5.14. The van der Waals surface area contributed by atoms with Gasteiger partial charge in [-0.25, -0.2) is 4.68 Å². The van der Waals surface area contributed by atoms with Crippen molar-refractivity contribution in [2.75, 3.05) is 13.1 Å². The molecule has 31 heavy (non-hydrogen) atoms. The van der Waals surface area contributed by atoms with Crippen molar-refractivity contribution < 1.29 is 14.4 Å². The molecule has 9 heteroatoms. The molecule has 0 atom stereocenters. The van der Waals surface area contributed by atoms with Crippen LogP contribution in [0.5, 0.6) is 0 Å². The molecular weight excluding hydrogens is 436 g/mol. The van der Waals surface area contributed by atoms with E-state index in [1.807, 2.05) is 12.3 Å². The molecule has 0 bridgehead atoms. The van der Waals surface area contributed by atoms with Crippen LogP contribution in [0.3, 0.4) is 0 Å².